The maximum absolute atomic E-state index is 6.01. The summed E-state index contributed by atoms with van der Waals surface area (Å²) >= 11 is 0. The molecule has 0 heterocycles. The number of benzene rings is 2. The number of nitrogens with two attached hydrogens (primary N) is 1. The van der Waals surface area contributed by atoms with Gasteiger partial charge in [-0.1, -0.05) is 30.3 Å². The molecular weight excluding hydrogens is 262 g/mol. The largest absolute Gasteiger partial charge is 0.497 e. The van der Waals surface area contributed by atoms with Crippen molar-refractivity contribution >= 4 is 0 Å². The van der Waals surface area contributed by atoms with Crippen LogP contribution in [0.4, 0.5) is 0 Å². The summed E-state index contributed by atoms with van der Waals surface area (Å²) in [4.78, 5) is 0. The Morgan fingerprint density at radius 3 is 2.52 bits per heavy atom. The summed E-state index contributed by atoms with van der Waals surface area (Å²) in [6, 6.07) is 14.2. The van der Waals surface area contributed by atoms with E-state index in [1.54, 1.807) is 7.11 Å². The highest BCUT2D eigenvalue weighted by molar-refractivity contribution is 5.41. The van der Waals surface area contributed by atoms with E-state index in [9.17, 15) is 0 Å². The van der Waals surface area contributed by atoms with Crippen molar-refractivity contribution < 1.29 is 9.47 Å². The van der Waals surface area contributed by atoms with Crippen molar-refractivity contribution in [2.45, 2.75) is 32.9 Å². The van der Waals surface area contributed by atoms with Crippen LogP contribution >= 0.6 is 0 Å². The lowest BCUT2D eigenvalue weighted by Crippen LogP contribution is -2.18. The maximum atomic E-state index is 6.01. The SMILES string of the molecule is COc1ccc(CC(C)N)c(OCc2ccccc2C)c1. The molecule has 0 bridgehead atoms. The van der Waals surface area contributed by atoms with E-state index >= 15 is 0 Å². The Balaban J connectivity index is 2.18. The van der Waals surface area contributed by atoms with E-state index in [2.05, 4.69) is 19.1 Å². The minimum Gasteiger partial charge on any atom is -0.497 e. The smallest absolute Gasteiger partial charge is 0.126 e. The number of ether oxygens (including phenoxy) is 2. The summed E-state index contributed by atoms with van der Waals surface area (Å²) in [6.45, 7) is 4.63. The zero-order valence-corrected chi connectivity index (χ0v) is 12.9. The molecule has 0 saturated carbocycles. The zero-order valence-electron chi connectivity index (χ0n) is 12.9. The molecule has 1 unspecified atom stereocenters. The summed E-state index contributed by atoms with van der Waals surface area (Å²) < 4.78 is 11.3. The van der Waals surface area contributed by atoms with Gasteiger partial charge in [-0.15, -0.1) is 0 Å². The Labute approximate surface area is 126 Å². The van der Waals surface area contributed by atoms with Gasteiger partial charge < -0.3 is 15.2 Å². The number of methoxy groups -OCH3 is 1. The van der Waals surface area contributed by atoms with Gasteiger partial charge in [0, 0.05) is 12.1 Å². The predicted octanol–water partition coefficient (Wildman–Crippen LogP) is 3.47. The fourth-order valence-corrected chi connectivity index (χ4v) is 2.24. The first kappa shape index (κ1) is 15.4. The van der Waals surface area contributed by atoms with Crippen LogP contribution in [0.3, 0.4) is 0 Å². The third-order valence-corrected chi connectivity index (χ3v) is 3.46. The van der Waals surface area contributed by atoms with Crippen LogP contribution in [0.25, 0.3) is 0 Å². The summed E-state index contributed by atoms with van der Waals surface area (Å²) in [5.41, 5.74) is 9.44. The van der Waals surface area contributed by atoms with E-state index < -0.39 is 0 Å². The second-order valence-corrected chi connectivity index (χ2v) is 5.37. The van der Waals surface area contributed by atoms with E-state index in [0.29, 0.717) is 6.61 Å². The highest BCUT2D eigenvalue weighted by Gasteiger charge is 2.09. The van der Waals surface area contributed by atoms with Crippen LogP contribution in [0.1, 0.15) is 23.6 Å². The van der Waals surface area contributed by atoms with Crippen molar-refractivity contribution in [3.63, 3.8) is 0 Å². The summed E-state index contributed by atoms with van der Waals surface area (Å²) in [5.74, 6) is 1.64. The highest BCUT2D eigenvalue weighted by Crippen LogP contribution is 2.27. The van der Waals surface area contributed by atoms with Crippen molar-refractivity contribution in [2.24, 2.45) is 5.73 Å². The molecule has 3 heteroatoms. The van der Waals surface area contributed by atoms with E-state index in [-0.39, 0.29) is 6.04 Å². The fourth-order valence-electron chi connectivity index (χ4n) is 2.24. The van der Waals surface area contributed by atoms with Gasteiger partial charge in [-0.25, -0.2) is 0 Å². The van der Waals surface area contributed by atoms with Gasteiger partial charge in [0.25, 0.3) is 0 Å². The number of aryl methyl sites for hydroxylation is 1. The van der Waals surface area contributed by atoms with Crippen LogP contribution in [-0.2, 0) is 13.0 Å². The third-order valence-electron chi connectivity index (χ3n) is 3.46. The first-order valence-corrected chi connectivity index (χ1v) is 7.20. The van der Waals surface area contributed by atoms with Crippen molar-refractivity contribution in [3.8, 4) is 11.5 Å². The summed E-state index contributed by atoms with van der Waals surface area (Å²) in [6.07, 6.45) is 0.785. The number of rotatable bonds is 6. The first-order chi connectivity index (χ1) is 10.1. The molecule has 0 aromatic heterocycles. The van der Waals surface area contributed by atoms with Gasteiger partial charge in [-0.2, -0.15) is 0 Å². The molecule has 21 heavy (non-hydrogen) atoms. The van der Waals surface area contributed by atoms with Gasteiger partial charge in [0.15, 0.2) is 0 Å². The average molecular weight is 285 g/mol. The molecule has 0 aliphatic rings. The zero-order chi connectivity index (χ0) is 15.2. The van der Waals surface area contributed by atoms with Crippen LogP contribution in [0.15, 0.2) is 42.5 Å². The molecule has 0 fully saturated rings. The van der Waals surface area contributed by atoms with Gasteiger partial charge in [-0.3, -0.25) is 0 Å². The van der Waals surface area contributed by atoms with Crippen molar-refractivity contribution in [2.75, 3.05) is 7.11 Å². The number of hydrogen-bond acceptors (Lipinski definition) is 3. The average Bonchev–Trinajstić information content (AvgIpc) is 2.47. The number of hydrogen-bond donors (Lipinski definition) is 1. The van der Waals surface area contributed by atoms with Crippen LogP contribution in [0.2, 0.25) is 0 Å². The molecule has 0 spiro atoms. The first-order valence-electron chi connectivity index (χ1n) is 7.20. The molecule has 0 radical (unpaired) electrons. The Hall–Kier alpha value is -2.00. The topological polar surface area (TPSA) is 44.5 Å². The van der Waals surface area contributed by atoms with Gasteiger partial charge in [0.05, 0.1) is 7.11 Å². The fraction of sp³-hybridized carbons (Fsp3) is 0.333. The van der Waals surface area contributed by atoms with E-state index in [0.717, 1.165) is 23.5 Å². The normalized spacial score (nSPS) is 12.0. The van der Waals surface area contributed by atoms with Crippen LogP contribution in [0.5, 0.6) is 11.5 Å². The highest BCUT2D eigenvalue weighted by atomic mass is 16.5. The molecule has 3 nitrogen and oxygen atoms in total. The molecule has 2 aromatic carbocycles. The predicted molar refractivity (Wildman–Crippen MR) is 85.9 cm³/mol. The molecule has 2 rings (SSSR count). The Kier molecular flexibility index (Phi) is 5.23. The van der Waals surface area contributed by atoms with E-state index in [1.807, 2.05) is 37.3 Å². The lowest BCUT2D eigenvalue weighted by atomic mass is 10.1. The quantitative estimate of drug-likeness (QED) is 0.884. The molecule has 2 aromatic rings. The molecule has 112 valence electrons. The van der Waals surface area contributed by atoms with Gasteiger partial charge >= 0.3 is 0 Å². The standard InChI is InChI=1S/C18H23NO2/c1-13-6-4-5-7-16(13)12-21-18-11-17(20-3)9-8-15(18)10-14(2)19/h4-9,11,14H,10,12,19H2,1-3H3. The minimum absolute atomic E-state index is 0.0965. The van der Waals surface area contributed by atoms with Gasteiger partial charge in [0.1, 0.15) is 18.1 Å². The van der Waals surface area contributed by atoms with Crippen LogP contribution in [-0.4, -0.2) is 13.2 Å². The van der Waals surface area contributed by atoms with Crippen molar-refractivity contribution in [1.82, 2.24) is 0 Å². The Morgan fingerprint density at radius 2 is 1.86 bits per heavy atom. The Morgan fingerprint density at radius 1 is 1.10 bits per heavy atom. The van der Waals surface area contributed by atoms with Crippen molar-refractivity contribution in [3.05, 3.63) is 59.2 Å². The lowest BCUT2D eigenvalue weighted by molar-refractivity contribution is 0.299. The molecule has 0 aliphatic heterocycles. The monoisotopic (exact) mass is 285 g/mol. The summed E-state index contributed by atoms with van der Waals surface area (Å²) in [7, 11) is 1.66. The van der Waals surface area contributed by atoms with Crippen molar-refractivity contribution in [1.29, 1.82) is 0 Å². The maximum Gasteiger partial charge on any atom is 0.126 e. The third kappa shape index (κ3) is 4.23. The second kappa shape index (κ2) is 7.14. The van der Waals surface area contributed by atoms with Crippen LogP contribution in [0, 0.1) is 6.92 Å². The molecule has 0 amide bonds. The molecule has 1 atom stereocenters. The molecule has 2 N–H and O–H groups in total. The second-order valence-electron chi connectivity index (χ2n) is 5.37. The van der Waals surface area contributed by atoms with E-state index in [1.165, 1.54) is 11.1 Å². The van der Waals surface area contributed by atoms with Gasteiger partial charge in [0.2, 0.25) is 0 Å². The van der Waals surface area contributed by atoms with E-state index in [4.69, 9.17) is 15.2 Å². The Bertz CT molecular complexity index is 594. The minimum atomic E-state index is 0.0965. The summed E-state index contributed by atoms with van der Waals surface area (Å²) in [5, 5.41) is 0. The molecule has 0 saturated heterocycles. The van der Waals surface area contributed by atoms with Crippen LogP contribution < -0.4 is 15.2 Å². The molecular formula is C18H23NO2. The van der Waals surface area contributed by atoms with Gasteiger partial charge in [-0.05, 0) is 43.0 Å². The molecule has 0 aliphatic carbocycles. The lowest BCUT2D eigenvalue weighted by Gasteiger charge is -2.15.